The molecular weight excluding hydrogens is 387 g/mol. The number of hydrogen-bond acceptors (Lipinski definition) is 2. The van der Waals surface area contributed by atoms with Crippen molar-refractivity contribution in [2.45, 2.75) is 3.79 Å². The average molecular weight is 394 g/mol. The number of ether oxygens (including phenoxy) is 1. The Bertz CT molecular complexity index is 381. The van der Waals surface area contributed by atoms with Crippen molar-refractivity contribution in [1.82, 2.24) is 0 Å². The van der Waals surface area contributed by atoms with Gasteiger partial charge in [0.2, 0.25) is 3.79 Å². The van der Waals surface area contributed by atoms with E-state index < -0.39 is 9.89 Å². The summed E-state index contributed by atoms with van der Waals surface area (Å²) in [6, 6.07) is 7.26. The Morgan fingerprint density at radius 2 is 2.00 bits per heavy atom. The van der Waals surface area contributed by atoms with Crippen LogP contribution in [0.5, 0.6) is 0 Å². The van der Waals surface area contributed by atoms with Gasteiger partial charge in [0.05, 0.1) is 5.69 Å². The third-order valence-electron chi connectivity index (χ3n) is 1.48. The average Bonchev–Trinajstić information content (AvgIpc) is 2.18. The van der Waals surface area contributed by atoms with Gasteiger partial charge in [-0.05, 0) is 34.7 Å². The summed E-state index contributed by atoms with van der Waals surface area (Å²) in [4.78, 5) is 11.3. The van der Waals surface area contributed by atoms with E-state index in [0.717, 1.165) is 3.57 Å². The maximum Gasteiger partial charge on any atom is 0.411 e. The van der Waals surface area contributed by atoms with Crippen LogP contribution in [0.25, 0.3) is 0 Å². The molecule has 1 N–H and O–H groups in total. The molecule has 0 spiro atoms. The Balaban J connectivity index is 2.50. The van der Waals surface area contributed by atoms with E-state index in [1.165, 1.54) is 0 Å². The number of anilines is 1. The highest BCUT2D eigenvalue weighted by Gasteiger charge is 2.22. The fourth-order valence-corrected chi connectivity index (χ4v) is 1.54. The molecule has 1 aromatic carbocycles. The zero-order chi connectivity index (χ0) is 12.2. The number of carbonyl (C=O) groups excluding carboxylic acids is 1. The lowest BCUT2D eigenvalue weighted by Gasteiger charge is -2.12. The zero-order valence-electron chi connectivity index (χ0n) is 7.84. The van der Waals surface area contributed by atoms with E-state index in [9.17, 15) is 4.79 Å². The van der Waals surface area contributed by atoms with E-state index in [1.54, 1.807) is 12.1 Å². The molecule has 0 fully saturated rings. The molecule has 88 valence electrons. The molecule has 0 aromatic heterocycles. The van der Waals surface area contributed by atoms with Crippen molar-refractivity contribution in [2.75, 3.05) is 11.9 Å². The fourth-order valence-electron chi connectivity index (χ4n) is 0.856. The molecule has 3 nitrogen and oxygen atoms in total. The first kappa shape index (κ1) is 14.2. The largest absolute Gasteiger partial charge is 0.445 e. The second-order valence-corrected chi connectivity index (χ2v) is 6.47. The summed E-state index contributed by atoms with van der Waals surface area (Å²) in [5.74, 6) is 0. The third kappa shape index (κ3) is 5.43. The third-order valence-corrected chi connectivity index (χ3v) is 2.75. The summed E-state index contributed by atoms with van der Waals surface area (Å²) in [6.07, 6.45) is -0.657. The lowest BCUT2D eigenvalue weighted by atomic mass is 10.3. The second-order valence-electron chi connectivity index (χ2n) is 2.80. The molecule has 0 saturated carbocycles. The molecule has 16 heavy (non-hydrogen) atoms. The fraction of sp³-hybridized carbons (Fsp3) is 0.222. The molecule has 0 aliphatic rings. The lowest BCUT2D eigenvalue weighted by molar-refractivity contribution is 0.164. The van der Waals surface area contributed by atoms with Crippen LogP contribution in [0.2, 0.25) is 0 Å². The second kappa shape index (κ2) is 6.14. The van der Waals surface area contributed by atoms with Crippen LogP contribution in [-0.4, -0.2) is 16.5 Å². The minimum Gasteiger partial charge on any atom is -0.445 e. The number of amides is 1. The quantitative estimate of drug-likeness (QED) is 0.603. The molecule has 0 radical (unpaired) electrons. The molecule has 7 heteroatoms. The van der Waals surface area contributed by atoms with E-state index in [4.69, 9.17) is 39.5 Å². The van der Waals surface area contributed by atoms with Gasteiger partial charge in [0, 0.05) is 3.57 Å². The molecule has 1 amide bonds. The predicted molar refractivity (Wildman–Crippen MR) is 74.4 cm³/mol. The molecule has 0 bridgehead atoms. The van der Waals surface area contributed by atoms with Crippen molar-refractivity contribution in [3.63, 3.8) is 0 Å². The van der Waals surface area contributed by atoms with E-state index in [2.05, 4.69) is 27.9 Å². The maximum absolute atomic E-state index is 11.3. The molecule has 1 aromatic rings. The van der Waals surface area contributed by atoms with Crippen molar-refractivity contribution in [3.8, 4) is 0 Å². The summed E-state index contributed by atoms with van der Waals surface area (Å²) >= 11 is 18.4. The normalized spacial score (nSPS) is 11.0. The smallest absolute Gasteiger partial charge is 0.411 e. The molecular formula is C9H7Cl3INO2. The van der Waals surface area contributed by atoms with Gasteiger partial charge in [0.1, 0.15) is 6.61 Å². The van der Waals surface area contributed by atoms with Crippen molar-refractivity contribution in [1.29, 1.82) is 0 Å². The van der Waals surface area contributed by atoms with Gasteiger partial charge in [-0.15, -0.1) is 0 Å². The highest BCUT2D eigenvalue weighted by atomic mass is 127. The summed E-state index contributed by atoms with van der Waals surface area (Å²) < 4.78 is 4.01. The van der Waals surface area contributed by atoms with Crippen molar-refractivity contribution in [2.24, 2.45) is 0 Å². The van der Waals surface area contributed by atoms with Gasteiger partial charge >= 0.3 is 6.09 Å². The standard InChI is InChI=1S/C9H7Cl3INO2/c10-9(11,12)5-16-8(15)14-7-4-2-1-3-6(7)13/h1-4H,5H2,(H,14,15). The number of nitrogens with one attached hydrogen (secondary N) is 1. The summed E-state index contributed by atoms with van der Waals surface area (Å²) in [5.41, 5.74) is 0.650. The summed E-state index contributed by atoms with van der Waals surface area (Å²) in [5, 5.41) is 2.54. The van der Waals surface area contributed by atoms with Crippen LogP contribution in [0.1, 0.15) is 0 Å². The highest BCUT2D eigenvalue weighted by molar-refractivity contribution is 14.1. The Labute approximate surface area is 122 Å². The maximum atomic E-state index is 11.3. The number of alkyl halides is 3. The monoisotopic (exact) mass is 393 g/mol. The highest BCUT2D eigenvalue weighted by Crippen LogP contribution is 2.26. The summed E-state index contributed by atoms with van der Waals surface area (Å²) in [7, 11) is 0. The van der Waals surface area contributed by atoms with E-state index >= 15 is 0 Å². The SMILES string of the molecule is O=C(Nc1ccccc1I)OCC(Cl)(Cl)Cl. The Morgan fingerprint density at radius 1 is 1.38 bits per heavy atom. The molecule has 0 aliphatic heterocycles. The number of para-hydroxylation sites is 1. The number of rotatable bonds is 2. The van der Waals surface area contributed by atoms with Crippen molar-refractivity contribution in [3.05, 3.63) is 27.8 Å². The van der Waals surface area contributed by atoms with Crippen molar-refractivity contribution >= 4 is 69.2 Å². The molecule has 0 saturated heterocycles. The number of benzene rings is 1. The first-order chi connectivity index (χ1) is 7.38. The van der Waals surface area contributed by atoms with Gasteiger partial charge < -0.3 is 4.74 Å². The first-order valence-corrected chi connectivity index (χ1v) is 6.35. The minimum absolute atomic E-state index is 0.299. The van der Waals surface area contributed by atoms with Gasteiger partial charge in [-0.2, -0.15) is 0 Å². The van der Waals surface area contributed by atoms with Crippen LogP contribution in [0.3, 0.4) is 0 Å². The van der Waals surface area contributed by atoms with Crippen LogP contribution in [-0.2, 0) is 4.74 Å². The van der Waals surface area contributed by atoms with Crippen LogP contribution >= 0.6 is 57.4 Å². The van der Waals surface area contributed by atoms with Gasteiger partial charge in [0.15, 0.2) is 0 Å². The van der Waals surface area contributed by atoms with Crippen LogP contribution in [0.4, 0.5) is 10.5 Å². The molecule has 0 atom stereocenters. The van der Waals surface area contributed by atoms with Crippen LogP contribution in [0, 0.1) is 3.57 Å². The van der Waals surface area contributed by atoms with E-state index in [-0.39, 0.29) is 6.61 Å². The van der Waals surface area contributed by atoms with Crippen LogP contribution in [0.15, 0.2) is 24.3 Å². The molecule has 1 rings (SSSR count). The summed E-state index contributed by atoms with van der Waals surface area (Å²) in [6.45, 7) is -0.299. The number of carbonyl (C=O) groups is 1. The first-order valence-electron chi connectivity index (χ1n) is 4.13. The van der Waals surface area contributed by atoms with Gasteiger partial charge in [-0.1, -0.05) is 46.9 Å². The Hall–Kier alpha value is 0.0900. The van der Waals surface area contributed by atoms with Crippen LogP contribution < -0.4 is 5.32 Å². The van der Waals surface area contributed by atoms with Gasteiger partial charge in [-0.3, -0.25) is 5.32 Å². The van der Waals surface area contributed by atoms with Gasteiger partial charge in [-0.25, -0.2) is 4.79 Å². The lowest BCUT2D eigenvalue weighted by Crippen LogP contribution is -2.21. The topological polar surface area (TPSA) is 38.3 Å². The van der Waals surface area contributed by atoms with E-state index in [0.29, 0.717) is 5.69 Å². The number of hydrogen-bond donors (Lipinski definition) is 1. The van der Waals surface area contributed by atoms with Gasteiger partial charge in [0.25, 0.3) is 0 Å². The molecule has 0 aliphatic carbocycles. The Kier molecular flexibility index (Phi) is 5.43. The predicted octanol–water partition coefficient (Wildman–Crippen LogP) is 4.21. The molecule has 0 unspecified atom stereocenters. The number of halogens is 4. The minimum atomic E-state index is -1.60. The van der Waals surface area contributed by atoms with E-state index in [1.807, 2.05) is 12.1 Å². The van der Waals surface area contributed by atoms with Crippen molar-refractivity contribution < 1.29 is 9.53 Å². The Morgan fingerprint density at radius 3 is 2.56 bits per heavy atom. The molecule has 0 heterocycles. The zero-order valence-corrected chi connectivity index (χ0v) is 12.3.